The van der Waals surface area contributed by atoms with Crippen LogP contribution in [0.2, 0.25) is 0 Å². The molecule has 1 saturated heterocycles. The minimum Gasteiger partial charge on any atom is -0.394 e. The molecule has 1 aliphatic carbocycles. The lowest BCUT2D eigenvalue weighted by atomic mass is 9.89. The SMILES string of the molecule is CC1CCN(CC(CO)(NC2CC2)c2ccccc2)C1. The van der Waals surface area contributed by atoms with E-state index in [1.54, 1.807) is 0 Å². The zero-order valence-electron chi connectivity index (χ0n) is 12.4. The van der Waals surface area contributed by atoms with Crippen molar-refractivity contribution in [2.75, 3.05) is 26.2 Å². The number of hydrogen-bond acceptors (Lipinski definition) is 3. The number of nitrogens with zero attached hydrogens (tertiary/aromatic N) is 1. The number of likely N-dealkylation sites (tertiary alicyclic amines) is 1. The molecule has 1 aromatic carbocycles. The summed E-state index contributed by atoms with van der Waals surface area (Å²) in [6, 6.07) is 11.1. The largest absolute Gasteiger partial charge is 0.394 e. The van der Waals surface area contributed by atoms with E-state index in [0.717, 1.165) is 25.6 Å². The third-order valence-corrected chi connectivity index (χ3v) is 4.66. The van der Waals surface area contributed by atoms with Crippen molar-refractivity contribution in [2.24, 2.45) is 5.92 Å². The first-order chi connectivity index (χ1) is 9.72. The van der Waals surface area contributed by atoms with Gasteiger partial charge in [-0.1, -0.05) is 37.3 Å². The van der Waals surface area contributed by atoms with Crippen molar-refractivity contribution in [2.45, 2.75) is 37.8 Å². The van der Waals surface area contributed by atoms with Crippen LogP contribution in [0.4, 0.5) is 0 Å². The molecule has 1 aliphatic heterocycles. The average Bonchev–Trinajstić information content (AvgIpc) is 3.20. The maximum atomic E-state index is 10.1. The van der Waals surface area contributed by atoms with Crippen LogP contribution in [0.1, 0.15) is 31.7 Å². The van der Waals surface area contributed by atoms with Gasteiger partial charge in [-0.2, -0.15) is 0 Å². The summed E-state index contributed by atoms with van der Waals surface area (Å²) >= 11 is 0. The van der Waals surface area contributed by atoms with E-state index < -0.39 is 0 Å². The van der Waals surface area contributed by atoms with E-state index in [4.69, 9.17) is 0 Å². The van der Waals surface area contributed by atoms with Crippen molar-refractivity contribution >= 4 is 0 Å². The fourth-order valence-corrected chi connectivity index (χ4v) is 3.33. The van der Waals surface area contributed by atoms with Crippen molar-refractivity contribution in [3.63, 3.8) is 0 Å². The Hall–Kier alpha value is -0.900. The van der Waals surface area contributed by atoms with Crippen LogP contribution in [0.3, 0.4) is 0 Å². The molecule has 3 rings (SSSR count). The fourth-order valence-electron chi connectivity index (χ4n) is 3.33. The van der Waals surface area contributed by atoms with Gasteiger partial charge in [-0.15, -0.1) is 0 Å². The summed E-state index contributed by atoms with van der Waals surface area (Å²) < 4.78 is 0. The van der Waals surface area contributed by atoms with Crippen LogP contribution in [0.5, 0.6) is 0 Å². The Morgan fingerprint density at radius 3 is 2.55 bits per heavy atom. The number of rotatable bonds is 6. The molecule has 3 nitrogen and oxygen atoms in total. The van der Waals surface area contributed by atoms with Crippen LogP contribution in [-0.2, 0) is 5.54 Å². The molecule has 3 heteroatoms. The summed E-state index contributed by atoms with van der Waals surface area (Å²) in [5.41, 5.74) is 0.918. The van der Waals surface area contributed by atoms with Gasteiger partial charge in [0, 0.05) is 19.1 Å². The molecule has 0 amide bonds. The number of hydrogen-bond donors (Lipinski definition) is 2. The summed E-state index contributed by atoms with van der Waals surface area (Å²) in [5, 5.41) is 13.9. The molecular formula is C17H26N2O. The number of benzene rings is 1. The molecule has 2 N–H and O–H groups in total. The first kappa shape index (κ1) is 14.1. The molecule has 20 heavy (non-hydrogen) atoms. The predicted octanol–water partition coefficient (Wildman–Crippen LogP) is 1.97. The van der Waals surface area contributed by atoms with Crippen LogP contribution in [0, 0.1) is 5.92 Å². The van der Waals surface area contributed by atoms with Crippen LogP contribution < -0.4 is 5.32 Å². The Morgan fingerprint density at radius 1 is 1.25 bits per heavy atom. The predicted molar refractivity (Wildman–Crippen MR) is 81.6 cm³/mol. The van der Waals surface area contributed by atoms with Crippen molar-refractivity contribution in [1.29, 1.82) is 0 Å². The Kier molecular flexibility index (Phi) is 4.11. The highest BCUT2D eigenvalue weighted by Crippen LogP contribution is 2.30. The Bertz CT molecular complexity index is 432. The van der Waals surface area contributed by atoms with Gasteiger partial charge in [-0.05, 0) is 37.3 Å². The standard InChI is InChI=1S/C17H26N2O/c1-14-9-10-19(11-14)12-17(13-20,18-16-7-8-16)15-5-3-2-4-6-15/h2-6,14,16,18,20H,7-13H2,1H3. The van der Waals surface area contributed by atoms with Gasteiger partial charge >= 0.3 is 0 Å². The second-order valence-electron chi connectivity index (χ2n) is 6.65. The van der Waals surface area contributed by atoms with Gasteiger partial charge in [0.1, 0.15) is 0 Å². The molecule has 1 aromatic rings. The fraction of sp³-hybridized carbons (Fsp3) is 0.647. The lowest BCUT2D eigenvalue weighted by molar-refractivity contribution is 0.114. The van der Waals surface area contributed by atoms with Gasteiger partial charge < -0.3 is 15.3 Å². The van der Waals surface area contributed by atoms with Crippen molar-refractivity contribution in [3.05, 3.63) is 35.9 Å². The smallest absolute Gasteiger partial charge is 0.0799 e. The Labute approximate surface area is 122 Å². The van der Waals surface area contributed by atoms with Gasteiger partial charge in [0.05, 0.1) is 12.1 Å². The molecule has 2 aliphatic rings. The van der Waals surface area contributed by atoms with Crippen LogP contribution in [0.15, 0.2) is 30.3 Å². The zero-order valence-corrected chi connectivity index (χ0v) is 12.4. The molecule has 0 aromatic heterocycles. The van der Waals surface area contributed by atoms with Gasteiger partial charge in [-0.25, -0.2) is 0 Å². The highest BCUT2D eigenvalue weighted by Gasteiger charge is 2.39. The highest BCUT2D eigenvalue weighted by molar-refractivity contribution is 5.26. The molecule has 2 unspecified atom stereocenters. The molecule has 0 radical (unpaired) electrons. The van der Waals surface area contributed by atoms with Gasteiger partial charge in [-0.3, -0.25) is 0 Å². The minimum absolute atomic E-state index is 0.165. The summed E-state index contributed by atoms with van der Waals surface area (Å²) in [6.45, 7) is 5.70. The van der Waals surface area contributed by atoms with Crippen molar-refractivity contribution in [3.8, 4) is 0 Å². The molecule has 0 bridgehead atoms. The second kappa shape index (κ2) is 5.84. The maximum absolute atomic E-state index is 10.1. The summed E-state index contributed by atoms with van der Waals surface area (Å²) in [5.74, 6) is 0.781. The zero-order chi connectivity index (χ0) is 14.0. The molecule has 1 heterocycles. The summed E-state index contributed by atoms with van der Waals surface area (Å²) in [4.78, 5) is 2.50. The van der Waals surface area contributed by atoms with E-state index in [-0.39, 0.29) is 12.1 Å². The average molecular weight is 274 g/mol. The molecule has 110 valence electrons. The van der Waals surface area contributed by atoms with Gasteiger partial charge in [0.15, 0.2) is 0 Å². The first-order valence-electron chi connectivity index (χ1n) is 7.88. The Morgan fingerprint density at radius 2 is 2.00 bits per heavy atom. The topological polar surface area (TPSA) is 35.5 Å². The van der Waals surface area contributed by atoms with E-state index in [1.165, 1.54) is 24.8 Å². The van der Waals surface area contributed by atoms with E-state index in [2.05, 4.69) is 41.4 Å². The van der Waals surface area contributed by atoms with Gasteiger partial charge in [0.2, 0.25) is 0 Å². The number of aliphatic hydroxyl groups is 1. The summed E-state index contributed by atoms with van der Waals surface area (Å²) in [7, 11) is 0. The highest BCUT2D eigenvalue weighted by atomic mass is 16.3. The molecular weight excluding hydrogens is 248 g/mol. The lowest BCUT2D eigenvalue weighted by Crippen LogP contribution is -2.54. The molecule has 2 fully saturated rings. The van der Waals surface area contributed by atoms with E-state index in [9.17, 15) is 5.11 Å². The maximum Gasteiger partial charge on any atom is 0.0799 e. The van der Waals surface area contributed by atoms with Crippen LogP contribution in [-0.4, -0.2) is 42.3 Å². The number of nitrogens with one attached hydrogen (secondary N) is 1. The Balaban J connectivity index is 1.81. The van der Waals surface area contributed by atoms with E-state index in [1.807, 2.05) is 6.07 Å². The second-order valence-corrected chi connectivity index (χ2v) is 6.65. The van der Waals surface area contributed by atoms with Crippen LogP contribution in [0.25, 0.3) is 0 Å². The van der Waals surface area contributed by atoms with Crippen LogP contribution >= 0.6 is 0 Å². The van der Waals surface area contributed by atoms with Crippen molar-refractivity contribution < 1.29 is 5.11 Å². The molecule has 1 saturated carbocycles. The number of aliphatic hydroxyl groups excluding tert-OH is 1. The lowest BCUT2D eigenvalue weighted by Gasteiger charge is -2.37. The first-order valence-corrected chi connectivity index (χ1v) is 7.88. The van der Waals surface area contributed by atoms with Crippen molar-refractivity contribution in [1.82, 2.24) is 10.2 Å². The monoisotopic (exact) mass is 274 g/mol. The third-order valence-electron chi connectivity index (χ3n) is 4.66. The quantitative estimate of drug-likeness (QED) is 0.832. The minimum atomic E-state index is -0.299. The van der Waals surface area contributed by atoms with E-state index >= 15 is 0 Å². The molecule has 0 spiro atoms. The third kappa shape index (κ3) is 3.05. The van der Waals surface area contributed by atoms with Gasteiger partial charge in [0.25, 0.3) is 0 Å². The molecule has 2 atom stereocenters. The van der Waals surface area contributed by atoms with E-state index in [0.29, 0.717) is 6.04 Å². The normalized spacial score (nSPS) is 26.6. The summed E-state index contributed by atoms with van der Waals surface area (Å²) in [6.07, 6.45) is 3.76.